The molecule has 3 nitrogen and oxygen atoms in total. The molecule has 0 bridgehead atoms. The molecule has 1 rings (SSSR count). The zero-order valence-corrected chi connectivity index (χ0v) is 10.1. The third-order valence-electron chi connectivity index (χ3n) is 2.65. The fourth-order valence-electron chi connectivity index (χ4n) is 1.30. The topological polar surface area (TPSA) is 49.3 Å². The second-order valence-electron chi connectivity index (χ2n) is 4.60. The van der Waals surface area contributed by atoms with Crippen molar-refractivity contribution >= 4 is 11.7 Å². The van der Waals surface area contributed by atoms with Gasteiger partial charge in [-0.15, -0.1) is 0 Å². The zero-order chi connectivity index (χ0) is 12.2. The molecule has 0 radical (unpaired) electrons. The minimum absolute atomic E-state index is 0.426. The molecule has 1 aromatic rings. The van der Waals surface area contributed by atoms with Crippen molar-refractivity contribution in [1.29, 1.82) is 0 Å². The van der Waals surface area contributed by atoms with Gasteiger partial charge in [0.2, 0.25) is 0 Å². The second-order valence-corrected chi connectivity index (χ2v) is 4.60. The van der Waals surface area contributed by atoms with E-state index < -0.39 is 11.4 Å². The minimum Gasteiger partial charge on any atom is -0.481 e. The monoisotopic (exact) mass is 221 g/mol. The van der Waals surface area contributed by atoms with E-state index in [1.54, 1.807) is 13.8 Å². The highest BCUT2D eigenvalue weighted by Gasteiger charge is 2.26. The van der Waals surface area contributed by atoms with Gasteiger partial charge in [0.05, 0.1) is 5.41 Å². The first-order valence-corrected chi connectivity index (χ1v) is 5.52. The van der Waals surface area contributed by atoms with E-state index >= 15 is 0 Å². The Bertz CT molecular complexity index is 372. The predicted molar refractivity (Wildman–Crippen MR) is 65.7 cm³/mol. The van der Waals surface area contributed by atoms with Crippen molar-refractivity contribution in [3.63, 3.8) is 0 Å². The Balaban J connectivity index is 2.64. The van der Waals surface area contributed by atoms with E-state index in [2.05, 4.69) is 24.4 Å². The van der Waals surface area contributed by atoms with E-state index in [0.29, 0.717) is 6.54 Å². The largest absolute Gasteiger partial charge is 0.481 e. The summed E-state index contributed by atoms with van der Waals surface area (Å²) in [7, 11) is 0. The van der Waals surface area contributed by atoms with E-state index in [1.807, 2.05) is 12.1 Å². The molecule has 0 saturated carbocycles. The van der Waals surface area contributed by atoms with Crippen molar-refractivity contribution in [2.75, 3.05) is 11.9 Å². The average molecular weight is 221 g/mol. The van der Waals surface area contributed by atoms with Gasteiger partial charge in [-0.25, -0.2) is 0 Å². The van der Waals surface area contributed by atoms with Crippen LogP contribution in [0.1, 0.15) is 26.3 Å². The normalized spacial score (nSPS) is 11.2. The number of benzene rings is 1. The van der Waals surface area contributed by atoms with Gasteiger partial charge in [0.25, 0.3) is 0 Å². The van der Waals surface area contributed by atoms with Crippen LogP contribution in [0.4, 0.5) is 5.69 Å². The number of hydrogen-bond donors (Lipinski definition) is 2. The predicted octanol–water partition coefficient (Wildman–Crippen LogP) is 2.77. The van der Waals surface area contributed by atoms with Crippen LogP contribution in [0.3, 0.4) is 0 Å². The summed E-state index contributed by atoms with van der Waals surface area (Å²) in [5.41, 5.74) is 1.48. The first kappa shape index (κ1) is 12.6. The number of carboxylic acids is 1. The van der Waals surface area contributed by atoms with Crippen LogP contribution in [0, 0.1) is 5.41 Å². The van der Waals surface area contributed by atoms with Gasteiger partial charge in [-0.1, -0.05) is 19.1 Å². The lowest BCUT2D eigenvalue weighted by molar-refractivity contribution is -0.146. The van der Waals surface area contributed by atoms with Gasteiger partial charge in [0.1, 0.15) is 0 Å². The van der Waals surface area contributed by atoms with Gasteiger partial charge in [-0.05, 0) is 38.0 Å². The Morgan fingerprint density at radius 3 is 2.69 bits per heavy atom. The maximum Gasteiger partial charge on any atom is 0.310 e. The van der Waals surface area contributed by atoms with Gasteiger partial charge in [-0.3, -0.25) is 4.79 Å². The summed E-state index contributed by atoms with van der Waals surface area (Å²) in [5, 5.41) is 12.1. The molecule has 1 aromatic carbocycles. The highest BCUT2D eigenvalue weighted by molar-refractivity contribution is 5.74. The summed E-state index contributed by atoms with van der Waals surface area (Å²) in [4.78, 5) is 10.9. The van der Waals surface area contributed by atoms with Crippen LogP contribution in [0.25, 0.3) is 0 Å². The van der Waals surface area contributed by atoms with Gasteiger partial charge >= 0.3 is 5.97 Å². The summed E-state index contributed by atoms with van der Waals surface area (Å²) in [5.74, 6) is -0.786. The van der Waals surface area contributed by atoms with Crippen molar-refractivity contribution in [3.05, 3.63) is 29.8 Å². The molecule has 0 fully saturated rings. The van der Waals surface area contributed by atoms with Gasteiger partial charge in [0, 0.05) is 12.2 Å². The quantitative estimate of drug-likeness (QED) is 0.803. The van der Waals surface area contributed by atoms with Gasteiger partial charge < -0.3 is 10.4 Å². The minimum atomic E-state index is -0.786. The fourth-order valence-corrected chi connectivity index (χ4v) is 1.30. The molecular weight excluding hydrogens is 202 g/mol. The second kappa shape index (κ2) is 5.01. The van der Waals surface area contributed by atoms with Crippen LogP contribution in [0.15, 0.2) is 24.3 Å². The van der Waals surface area contributed by atoms with Crippen molar-refractivity contribution in [2.24, 2.45) is 5.41 Å². The van der Waals surface area contributed by atoms with Crippen LogP contribution in [0.2, 0.25) is 0 Å². The Kier molecular flexibility index (Phi) is 3.93. The van der Waals surface area contributed by atoms with Crippen molar-refractivity contribution in [2.45, 2.75) is 27.2 Å². The first-order chi connectivity index (χ1) is 7.45. The van der Waals surface area contributed by atoms with E-state index in [0.717, 1.165) is 12.1 Å². The molecule has 0 saturated heterocycles. The van der Waals surface area contributed by atoms with Crippen LogP contribution in [-0.4, -0.2) is 17.6 Å². The maximum absolute atomic E-state index is 10.9. The van der Waals surface area contributed by atoms with Crippen LogP contribution in [0.5, 0.6) is 0 Å². The summed E-state index contributed by atoms with van der Waals surface area (Å²) in [6, 6.07) is 8.05. The Morgan fingerprint density at radius 2 is 2.12 bits per heavy atom. The molecule has 0 heterocycles. The molecule has 88 valence electrons. The molecule has 0 atom stereocenters. The van der Waals surface area contributed by atoms with Crippen molar-refractivity contribution in [3.8, 4) is 0 Å². The smallest absolute Gasteiger partial charge is 0.310 e. The Labute approximate surface area is 96.5 Å². The molecule has 0 aliphatic rings. The summed E-state index contributed by atoms with van der Waals surface area (Å²) in [6.45, 7) is 5.95. The third kappa shape index (κ3) is 3.26. The molecular formula is C13H19NO2. The molecule has 0 unspecified atom stereocenters. The third-order valence-corrected chi connectivity index (χ3v) is 2.65. The number of carboxylic acid groups (broad SMARTS) is 1. The highest BCUT2D eigenvalue weighted by atomic mass is 16.4. The number of rotatable bonds is 5. The molecule has 0 aliphatic heterocycles. The highest BCUT2D eigenvalue weighted by Crippen LogP contribution is 2.18. The van der Waals surface area contributed by atoms with E-state index in [4.69, 9.17) is 5.11 Å². The Hall–Kier alpha value is -1.51. The maximum atomic E-state index is 10.9. The number of hydrogen-bond acceptors (Lipinski definition) is 2. The van der Waals surface area contributed by atoms with Crippen LogP contribution >= 0.6 is 0 Å². The Morgan fingerprint density at radius 1 is 1.44 bits per heavy atom. The van der Waals surface area contributed by atoms with Crippen LogP contribution in [-0.2, 0) is 11.2 Å². The van der Waals surface area contributed by atoms with Gasteiger partial charge in [0.15, 0.2) is 0 Å². The number of nitrogens with one attached hydrogen (secondary N) is 1. The number of aryl methyl sites for hydroxylation is 1. The molecule has 0 aliphatic carbocycles. The lowest BCUT2D eigenvalue weighted by atomic mass is 9.94. The molecule has 0 spiro atoms. The zero-order valence-electron chi connectivity index (χ0n) is 10.1. The lowest BCUT2D eigenvalue weighted by Crippen LogP contribution is -2.31. The molecule has 2 N–H and O–H groups in total. The lowest BCUT2D eigenvalue weighted by Gasteiger charge is -2.20. The molecule has 0 aromatic heterocycles. The average Bonchev–Trinajstić information content (AvgIpc) is 2.26. The molecule has 3 heteroatoms. The number of carbonyl (C=O) groups is 1. The standard InChI is InChI=1S/C13H19NO2/c1-4-10-6-5-7-11(8-10)14-9-13(2,3)12(15)16/h5-8,14H,4,9H2,1-3H3,(H,15,16). The van der Waals surface area contributed by atoms with Crippen LogP contribution < -0.4 is 5.32 Å². The molecule has 0 amide bonds. The fraction of sp³-hybridized carbons (Fsp3) is 0.462. The van der Waals surface area contributed by atoms with Crippen molar-refractivity contribution in [1.82, 2.24) is 0 Å². The van der Waals surface area contributed by atoms with E-state index in [9.17, 15) is 4.79 Å². The van der Waals surface area contributed by atoms with Gasteiger partial charge in [-0.2, -0.15) is 0 Å². The summed E-state index contributed by atoms with van der Waals surface area (Å²) < 4.78 is 0. The number of aliphatic carboxylic acids is 1. The summed E-state index contributed by atoms with van der Waals surface area (Å²) in [6.07, 6.45) is 0.984. The molecule has 16 heavy (non-hydrogen) atoms. The van der Waals surface area contributed by atoms with E-state index in [-0.39, 0.29) is 0 Å². The van der Waals surface area contributed by atoms with Crippen molar-refractivity contribution < 1.29 is 9.90 Å². The first-order valence-electron chi connectivity index (χ1n) is 5.52. The number of anilines is 1. The van der Waals surface area contributed by atoms with E-state index in [1.165, 1.54) is 5.56 Å². The summed E-state index contributed by atoms with van der Waals surface area (Å²) >= 11 is 0. The SMILES string of the molecule is CCc1cccc(NCC(C)(C)C(=O)O)c1.